The van der Waals surface area contributed by atoms with E-state index in [0.717, 1.165) is 16.9 Å². The van der Waals surface area contributed by atoms with E-state index in [2.05, 4.69) is 10.1 Å². The van der Waals surface area contributed by atoms with Crippen LogP contribution in [-0.2, 0) is 43.7 Å². The molecule has 36 heavy (non-hydrogen) atoms. The van der Waals surface area contributed by atoms with Gasteiger partial charge in [-0.2, -0.15) is 5.10 Å². The Hall–Kier alpha value is -2.73. The summed E-state index contributed by atoms with van der Waals surface area (Å²) in [6.45, 7) is 7.56. The third-order valence-corrected chi connectivity index (χ3v) is 6.20. The van der Waals surface area contributed by atoms with Crippen LogP contribution in [0, 0.1) is 6.92 Å². The molecule has 14 heteroatoms. The number of ether oxygens (including phenoxy) is 5. The van der Waals surface area contributed by atoms with Gasteiger partial charge in [-0.25, -0.2) is 19.1 Å². The first-order valence-corrected chi connectivity index (χ1v) is 13.2. The Morgan fingerprint density at radius 2 is 1.58 bits per heavy atom. The lowest BCUT2D eigenvalue weighted by molar-refractivity contribution is -0.0308. The molecular weight excluding hydrogens is 497 g/mol. The highest BCUT2D eigenvalue weighted by Crippen LogP contribution is 2.47. The van der Waals surface area contributed by atoms with Crippen molar-refractivity contribution < 1.29 is 46.9 Å². The Kier molecular flexibility index (Phi) is 12.1. The van der Waals surface area contributed by atoms with E-state index in [4.69, 9.17) is 32.7 Å². The van der Waals surface area contributed by atoms with Crippen molar-refractivity contribution in [3.8, 4) is 0 Å². The highest BCUT2D eigenvalue weighted by atomic mass is 31.2. The van der Waals surface area contributed by atoms with Gasteiger partial charge in [0, 0.05) is 12.3 Å². The van der Waals surface area contributed by atoms with Crippen molar-refractivity contribution in [3.05, 3.63) is 29.8 Å². The first-order chi connectivity index (χ1) is 17.1. The fourth-order valence-electron chi connectivity index (χ4n) is 2.86. The van der Waals surface area contributed by atoms with Gasteiger partial charge in [-0.05, 0) is 59.6 Å². The van der Waals surface area contributed by atoms with Crippen molar-refractivity contribution in [2.45, 2.75) is 59.7 Å². The Labute approximate surface area is 209 Å². The van der Waals surface area contributed by atoms with Crippen molar-refractivity contribution in [3.63, 3.8) is 0 Å². The Morgan fingerprint density at radius 3 is 2.17 bits per heavy atom. The van der Waals surface area contributed by atoms with Crippen LogP contribution in [0.3, 0.4) is 0 Å². The highest BCUT2D eigenvalue weighted by molar-refractivity contribution is 7.53. The molecule has 0 N–H and O–H groups in total. The van der Waals surface area contributed by atoms with Gasteiger partial charge >= 0.3 is 19.9 Å². The van der Waals surface area contributed by atoms with Crippen molar-refractivity contribution in [2.75, 3.05) is 33.0 Å². The lowest BCUT2D eigenvalue weighted by atomic mass is 10.2. The molecule has 0 unspecified atom stereocenters. The number of aryl methyl sites for hydroxylation is 2. The molecule has 0 bridgehead atoms. The first kappa shape index (κ1) is 29.5. The molecule has 0 aliphatic carbocycles. The van der Waals surface area contributed by atoms with Crippen LogP contribution >= 0.6 is 7.60 Å². The van der Waals surface area contributed by atoms with Gasteiger partial charge < -0.3 is 23.7 Å². The molecule has 0 spiro atoms. The smallest absolute Gasteiger partial charge is 0.432 e. The van der Waals surface area contributed by atoms with Crippen molar-refractivity contribution in [2.24, 2.45) is 0 Å². The summed E-state index contributed by atoms with van der Waals surface area (Å²) < 4.78 is 49.8. The van der Waals surface area contributed by atoms with Crippen molar-refractivity contribution >= 4 is 25.4 Å². The topological polar surface area (TPSA) is 146 Å². The number of carbonyl (C=O) groups is 2. The fraction of sp³-hybridized carbons (Fsp3) is 0.636. The summed E-state index contributed by atoms with van der Waals surface area (Å²) >= 11 is 0. The van der Waals surface area contributed by atoms with Crippen molar-refractivity contribution in [1.82, 2.24) is 14.6 Å². The van der Waals surface area contributed by atoms with Crippen LogP contribution in [0.15, 0.2) is 18.5 Å². The number of hydrogen-bond donors (Lipinski definition) is 0. The van der Waals surface area contributed by atoms with Gasteiger partial charge in [0.25, 0.3) is 0 Å². The van der Waals surface area contributed by atoms with E-state index < -0.39 is 45.7 Å². The molecule has 0 amide bonds. The van der Waals surface area contributed by atoms with E-state index in [1.807, 2.05) is 23.6 Å². The van der Waals surface area contributed by atoms with Crippen LogP contribution in [0.1, 0.15) is 45.5 Å². The molecule has 2 aromatic rings. The van der Waals surface area contributed by atoms with Gasteiger partial charge in [-0.15, -0.1) is 0 Å². The molecule has 2 heterocycles. The predicted molar refractivity (Wildman–Crippen MR) is 127 cm³/mol. The lowest BCUT2D eigenvalue weighted by Crippen LogP contribution is -2.17. The number of fused-ring (bicyclic) bond motifs is 1. The predicted octanol–water partition coefficient (Wildman–Crippen LogP) is 4.25. The second-order valence-corrected chi connectivity index (χ2v) is 10.3. The molecule has 2 aromatic heterocycles. The summed E-state index contributed by atoms with van der Waals surface area (Å²) in [5.74, 6) is 0. The highest BCUT2D eigenvalue weighted by Gasteiger charge is 2.27. The van der Waals surface area contributed by atoms with Crippen molar-refractivity contribution in [1.29, 1.82) is 0 Å². The molecule has 0 saturated carbocycles. The number of rotatable bonds is 15. The van der Waals surface area contributed by atoms with E-state index in [1.54, 1.807) is 27.7 Å². The summed E-state index contributed by atoms with van der Waals surface area (Å²) in [6, 6.07) is 3.95. The van der Waals surface area contributed by atoms with Crippen LogP contribution in [0.2, 0.25) is 0 Å². The second-order valence-electron chi connectivity index (χ2n) is 8.13. The minimum absolute atomic E-state index is 0.0281. The SMILES string of the molecule is Cc1ncnn2c(CCCOCCP(=O)(OCOC(=O)OC(C)C)OCOC(=O)OC(C)C)ccc12. The van der Waals surface area contributed by atoms with Crippen LogP contribution in [0.25, 0.3) is 5.52 Å². The quantitative estimate of drug-likeness (QED) is 0.140. The maximum Gasteiger partial charge on any atom is 0.510 e. The standard InChI is InChI=1S/C22H34N3O10P/c1-16(2)34-21(26)30-14-32-36(28,33-15-31-22(27)35-17(3)4)12-11-29-10-6-7-19-8-9-20-18(5)23-13-24-25(19)20/h8-9,13,16-17H,6-7,10-12,14-15H2,1-5H3. The van der Waals surface area contributed by atoms with Crippen LogP contribution in [0.5, 0.6) is 0 Å². The number of nitrogens with zero attached hydrogens (tertiary/aromatic N) is 3. The molecule has 2 rings (SSSR count). The summed E-state index contributed by atoms with van der Waals surface area (Å²) in [5, 5.41) is 4.27. The zero-order chi connectivity index (χ0) is 26.6. The summed E-state index contributed by atoms with van der Waals surface area (Å²) in [6.07, 6.45) is -0.00341. The minimum Gasteiger partial charge on any atom is -0.432 e. The number of aromatic nitrogens is 3. The molecular formula is C22H34N3O10P. The zero-order valence-electron chi connectivity index (χ0n) is 21.2. The lowest BCUT2D eigenvalue weighted by Gasteiger charge is -2.18. The summed E-state index contributed by atoms with van der Waals surface area (Å²) in [5.41, 5.74) is 2.86. The molecule has 202 valence electrons. The fourth-order valence-corrected chi connectivity index (χ4v) is 3.98. The molecule has 0 atom stereocenters. The van der Waals surface area contributed by atoms with Gasteiger partial charge in [0.1, 0.15) is 6.33 Å². The Bertz CT molecular complexity index is 995. The van der Waals surface area contributed by atoms with Gasteiger partial charge in [0.15, 0.2) is 0 Å². The third-order valence-electron chi connectivity index (χ3n) is 4.47. The van der Waals surface area contributed by atoms with Crippen LogP contribution in [0.4, 0.5) is 9.59 Å². The van der Waals surface area contributed by atoms with Crippen LogP contribution in [-0.4, -0.2) is 72.1 Å². The molecule has 0 aliphatic heterocycles. The maximum atomic E-state index is 13.0. The van der Waals surface area contributed by atoms with E-state index in [-0.39, 0.29) is 12.8 Å². The zero-order valence-corrected chi connectivity index (χ0v) is 22.1. The monoisotopic (exact) mass is 531 g/mol. The normalized spacial score (nSPS) is 11.8. The van der Waals surface area contributed by atoms with E-state index in [0.29, 0.717) is 19.4 Å². The van der Waals surface area contributed by atoms with Gasteiger partial charge in [0.05, 0.1) is 36.2 Å². The van der Waals surface area contributed by atoms with E-state index in [1.165, 1.54) is 6.33 Å². The van der Waals surface area contributed by atoms with Gasteiger partial charge in [0.2, 0.25) is 13.6 Å². The van der Waals surface area contributed by atoms with Crippen LogP contribution < -0.4 is 0 Å². The molecule has 0 aromatic carbocycles. The second kappa shape index (κ2) is 14.7. The minimum atomic E-state index is -3.85. The van der Waals surface area contributed by atoms with Gasteiger partial charge in [-0.1, -0.05) is 0 Å². The third kappa shape index (κ3) is 10.5. The number of carbonyl (C=O) groups excluding carboxylic acids is 2. The summed E-state index contributed by atoms with van der Waals surface area (Å²) in [4.78, 5) is 27.2. The average Bonchev–Trinajstić information content (AvgIpc) is 3.19. The van der Waals surface area contributed by atoms with E-state index >= 15 is 0 Å². The average molecular weight is 531 g/mol. The maximum absolute atomic E-state index is 13.0. The molecule has 0 saturated heterocycles. The molecule has 0 fully saturated rings. The Morgan fingerprint density at radius 1 is 0.972 bits per heavy atom. The first-order valence-electron chi connectivity index (χ1n) is 11.5. The van der Waals surface area contributed by atoms with Gasteiger partial charge in [-0.3, -0.25) is 13.6 Å². The molecule has 13 nitrogen and oxygen atoms in total. The Balaban J connectivity index is 1.78. The molecule has 0 radical (unpaired) electrons. The summed E-state index contributed by atoms with van der Waals surface area (Å²) in [7, 11) is -3.85. The van der Waals surface area contributed by atoms with E-state index in [9.17, 15) is 14.2 Å². The largest absolute Gasteiger partial charge is 0.510 e. The number of hydrogen-bond acceptors (Lipinski definition) is 12. The molecule has 0 aliphatic rings.